The first-order valence-corrected chi connectivity index (χ1v) is 13.2. The second-order valence-corrected chi connectivity index (χ2v) is 8.58. The van der Waals surface area contributed by atoms with Crippen LogP contribution < -0.4 is 68.9 Å². The number of terminal acetylenes is 1. The van der Waals surface area contributed by atoms with Crippen LogP contribution >= 0.6 is 7.82 Å². The summed E-state index contributed by atoms with van der Waals surface area (Å²) in [7, 11) is -5.31. The molecule has 1 atom stereocenters. The van der Waals surface area contributed by atoms with E-state index in [0.29, 0.717) is 6.42 Å². The average molecular weight is 570 g/mol. The Morgan fingerprint density at radius 3 is 1.77 bits per heavy atom. The van der Waals surface area contributed by atoms with E-state index in [0.717, 1.165) is 19.3 Å². The van der Waals surface area contributed by atoms with Crippen LogP contribution in [0.1, 0.15) is 71.1 Å². The predicted molar refractivity (Wildman–Crippen MR) is 134 cm³/mol. The molecule has 0 aliphatic carbocycles. The molecule has 0 rings (SSSR count). The molecular formula is C28H29Na2O8P. The molecule has 0 saturated heterocycles. The van der Waals surface area contributed by atoms with Crippen LogP contribution in [0.4, 0.5) is 0 Å². The smallest absolute Gasteiger partial charge is 0.790 e. The van der Waals surface area contributed by atoms with Gasteiger partial charge in [0.05, 0.1) is 14.4 Å². The van der Waals surface area contributed by atoms with Crippen molar-refractivity contribution in [3.63, 3.8) is 0 Å². The van der Waals surface area contributed by atoms with E-state index in [1.165, 1.54) is 32.1 Å². The Hall–Kier alpha value is -1.59. The Bertz CT molecular complexity index is 1130. The first-order valence-electron chi connectivity index (χ1n) is 11.8. The second-order valence-electron chi connectivity index (χ2n) is 7.43. The third-order valence-electron chi connectivity index (χ3n) is 4.34. The first kappa shape index (κ1) is 41.9. The van der Waals surface area contributed by atoms with Crippen LogP contribution in [0.15, 0.2) is 0 Å². The number of hydrogen-bond acceptors (Lipinski definition) is 8. The van der Waals surface area contributed by atoms with E-state index in [-0.39, 0.29) is 65.5 Å². The molecule has 0 aliphatic heterocycles. The molecule has 39 heavy (non-hydrogen) atoms. The molecule has 0 unspecified atom stereocenters. The third kappa shape index (κ3) is 32.5. The zero-order chi connectivity index (χ0) is 27.6. The van der Waals surface area contributed by atoms with Gasteiger partial charge in [-0.1, -0.05) is 58.3 Å². The van der Waals surface area contributed by atoms with Gasteiger partial charge >= 0.3 is 71.1 Å². The van der Waals surface area contributed by atoms with Gasteiger partial charge in [-0.2, -0.15) is 0 Å². The van der Waals surface area contributed by atoms with E-state index in [9.17, 15) is 23.9 Å². The molecule has 0 bridgehead atoms. The molecule has 0 aromatic heterocycles. The summed E-state index contributed by atoms with van der Waals surface area (Å²) < 4.78 is 24.9. The fourth-order valence-electron chi connectivity index (χ4n) is 2.66. The minimum absolute atomic E-state index is 0. The van der Waals surface area contributed by atoms with Gasteiger partial charge in [-0.25, -0.2) is 4.79 Å². The Morgan fingerprint density at radius 2 is 1.26 bits per heavy atom. The monoisotopic (exact) mass is 570 g/mol. The van der Waals surface area contributed by atoms with Crippen LogP contribution in [0.25, 0.3) is 0 Å². The van der Waals surface area contributed by atoms with E-state index in [1.54, 1.807) is 0 Å². The van der Waals surface area contributed by atoms with Gasteiger partial charge in [-0.15, -0.1) is 6.42 Å². The van der Waals surface area contributed by atoms with Crippen LogP contribution in [0, 0.1) is 71.5 Å². The Labute approximate surface area is 276 Å². The van der Waals surface area contributed by atoms with Crippen LogP contribution in [-0.2, 0) is 28.2 Å². The van der Waals surface area contributed by atoms with Crippen molar-refractivity contribution in [3.05, 3.63) is 0 Å². The molecule has 0 saturated carbocycles. The SMILES string of the molecule is C#CC#CC#CC#CC#CC#CC(=O)OC[C@H](COP(=O)([O-])[O-])OC(=O)CCCCCCCCCCC.[Na+].[Na+]. The Morgan fingerprint density at radius 1 is 0.769 bits per heavy atom. The van der Waals surface area contributed by atoms with Crippen LogP contribution in [-0.4, -0.2) is 31.3 Å². The summed E-state index contributed by atoms with van der Waals surface area (Å²) in [4.78, 5) is 45.3. The van der Waals surface area contributed by atoms with E-state index < -0.39 is 39.1 Å². The summed E-state index contributed by atoms with van der Waals surface area (Å²) in [6.07, 6.45) is 13.3. The Kier molecular flexibility index (Phi) is 31.6. The fourth-order valence-corrected chi connectivity index (χ4v) is 3.01. The summed E-state index contributed by atoms with van der Waals surface area (Å²) in [5.41, 5.74) is 0. The van der Waals surface area contributed by atoms with Gasteiger partial charge in [-0.05, 0) is 65.6 Å². The molecule has 8 nitrogen and oxygen atoms in total. The third-order valence-corrected chi connectivity index (χ3v) is 4.80. The van der Waals surface area contributed by atoms with Crippen LogP contribution in [0.3, 0.4) is 0 Å². The Balaban J connectivity index is -0.00000648. The maximum atomic E-state index is 12.1. The number of carbonyl (C=O) groups excluding carboxylic acids is 2. The molecule has 0 aromatic carbocycles. The predicted octanol–water partition coefficient (Wildman–Crippen LogP) is -4.13. The van der Waals surface area contributed by atoms with Crippen molar-refractivity contribution in [1.82, 2.24) is 0 Å². The van der Waals surface area contributed by atoms with Crippen molar-refractivity contribution in [2.45, 2.75) is 77.2 Å². The minimum Gasteiger partial charge on any atom is -0.790 e. The van der Waals surface area contributed by atoms with Gasteiger partial charge in [0.15, 0.2) is 6.10 Å². The molecule has 0 heterocycles. The molecule has 0 fully saturated rings. The fraction of sp³-hybridized carbons (Fsp3) is 0.500. The van der Waals surface area contributed by atoms with Crippen molar-refractivity contribution in [1.29, 1.82) is 0 Å². The maximum absolute atomic E-state index is 12.1. The molecule has 0 aliphatic rings. The van der Waals surface area contributed by atoms with Crippen molar-refractivity contribution in [2.24, 2.45) is 0 Å². The first-order chi connectivity index (χ1) is 17.8. The number of ether oxygens (including phenoxy) is 2. The molecule has 0 N–H and O–H groups in total. The van der Waals surface area contributed by atoms with Crippen LogP contribution in [0.2, 0.25) is 0 Å². The number of phosphoric ester groups is 1. The van der Waals surface area contributed by atoms with E-state index in [4.69, 9.17) is 15.9 Å². The summed E-state index contributed by atoms with van der Waals surface area (Å²) in [5.74, 6) is 23.4. The maximum Gasteiger partial charge on any atom is 1.00 e. The van der Waals surface area contributed by atoms with Gasteiger partial charge < -0.3 is 28.3 Å². The number of rotatable bonds is 16. The zero-order valence-electron chi connectivity index (χ0n) is 22.9. The van der Waals surface area contributed by atoms with Gasteiger partial charge in [0.1, 0.15) is 6.61 Å². The number of carbonyl (C=O) groups is 2. The standard InChI is InChI=1S/C28H31O8P.2Na/c1-3-5-7-9-11-13-15-16-18-20-22-27(29)34-24-26(25-35-37(31,32)33)36-28(30)23-21-19-17-14-12-10-8-6-4-2;;/h1,26H,4,6,8,10,12,14,17,19,21,23-25H2,2H3,(H2,31,32,33);;/q;2*+1/p-2/t26-;;/m1../s1. The molecule has 0 aromatic rings. The number of esters is 2. The molecule has 0 spiro atoms. The van der Waals surface area contributed by atoms with Gasteiger partial charge in [-0.3, -0.25) is 4.79 Å². The average Bonchev–Trinajstić information content (AvgIpc) is 2.85. The van der Waals surface area contributed by atoms with Gasteiger partial charge in [0.25, 0.3) is 0 Å². The summed E-state index contributed by atoms with van der Waals surface area (Å²) >= 11 is 0. The summed E-state index contributed by atoms with van der Waals surface area (Å²) in [6.45, 7) is 0.831. The molecule has 196 valence electrons. The molecule has 0 amide bonds. The summed E-state index contributed by atoms with van der Waals surface area (Å²) in [6, 6.07) is 0. The van der Waals surface area contributed by atoms with Gasteiger partial charge in [0, 0.05) is 12.3 Å². The normalized spacial score (nSPS) is 9.49. The van der Waals surface area contributed by atoms with E-state index in [1.807, 2.05) is 0 Å². The van der Waals surface area contributed by atoms with Crippen molar-refractivity contribution < 1.29 is 97.1 Å². The van der Waals surface area contributed by atoms with Gasteiger partial charge in [0.2, 0.25) is 0 Å². The minimum atomic E-state index is -5.31. The number of hydrogen-bond donors (Lipinski definition) is 0. The quantitative estimate of drug-likeness (QED) is 0.0458. The zero-order valence-corrected chi connectivity index (χ0v) is 27.7. The summed E-state index contributed by atoms with van der Waals surface area (Å²) in [5, 5.41) is 0. The largest absolute Gasteiger partial charge is 1.00 e. The number of phosphoric acid groups is 1. The van der Waals surface area contributed by atoms with Crippen molar-refractivity contribution in [2.75, 3.05) is 13.2 Å². The molecular weight excluding hydrogens is 541 g/mol. The number of unbranched alkanes of at least 4 members (excludes halogenated alkanes) is 8. The topological polar surface area (TPSA) is 125 Å². The van der Waals surface area contributed by atoms with Crippen molar-refractivity contribution >= 4 is 19.8 Å². The van der Waals surface area contributed by atoms with E-state index >= 15 is 0 Å². The second kappa shape index (κ2) is 29.4. The van der Waals surface area contributed by atoms with E-state index in [2.05, 4.69) is 76.6 Å². The molecule has 11 heteroatoms. The van der Waals surface area contributed by atoms with Crippen molar-refractivity contribution in [3.8, 4) is 71.5 Å². The molecule has 0 radical (unpaired) electrons. The van der Waals surface area contributed by atoms with Crippen LogP contribution in [0.5, 0.6) is 0 Å².